The van der Waals surface area contributed by atoms with Crippen molar-refractivity contribution >= 4 is 35.8 Å². The highest BCUT2D eigenvalue weighted by atomic mass is 16.7. The Morgan fingerprint density at radius 1 is 0.463 bits per heavy atom. The minimum atomic E-state index is -1.49. The van der Waals surface area contributed by atoms with E-state index in [4.69, 9.17) is 37.9 Å². The van der Waals surface area contributed by atoms with E-state index < -0.39 is 79.2 Å². The molecular weight excluding hydrogens is 861 g/mol. The van der Waals surface area contributed by atoms with Crippen LogP contribution in [-0.2, 0) is 66.7 Å². The van der Waals surface area contributed by atoms with Crippen LogP contribution in [0.1, 0.15) is 221 Å². The minimum Gasteiger partial charge on any atom is -0.463 e. The molecule has 0 N–H and O–H groups in total. The normalized spacial score (nSPS) is 18.7. The van der Waals surface area contributed by atoms with Gasteiger partial charge in [-0.15, -0.1) is 0 Å². The van der Waals surface area contributed by atoms with Crippen LogP contribution in [0.5, 0.6) is 0 Å². The summed E-state index contributed by atoms with van der Waals surface area (Å²) in [6.45, 7) is 7.90. The molecular formula is C53H90O14. The van der Waals surface area contributed by atoms with Crippen LogP contribution in [0.25, 0.3) is 0 Å². The molecule has 1 rings (SSSR count). The second-order valence-corrected chi connectivity index (χ2v) is 17.9. The number of hydrogen-bond donors (Lipinski definition) is 0. The summed E-state index contributed by atoms with van der Waals surface area (Å²) in [5.41, 5.74) is 0. The van der Waals surface area contributed by atoms with Gasteiger partial charge in [-0.3, -0.25) is 28.8 Å². The molecule has 0 saturated carbocycles. The van der Waals surface area contributed by atoms with Gasteiger partial charge < -0.3 is 37.9 Å². The molecule has 0 aromatic carbocycles. The van der Waals surface area contributed by atoms with Gasteiger partial charge in [0.05, 0.1) is 6.61 Å². The van der Waals surface area contributed by atoms with Crippen LogP contribution in [0.2, 0.25) is 0 Å². The zero-order valence-electron chi connectivity index (χ0n) is 42.4. The lowest BCUT2D eigenvalue weighted by Crippen LogP contribution is -2.63. The Labute approximate surface area is 403 Å². The van der Waals surface area contributed by atoms with Crippen molar-refractivity contribution in [3.63, 3.8) is 0 Å². The SMILES string of the molecule is CCCCC/C=C\C/C=C\CCCCCCCC(=O)OC(COC(=O)CCCCCCCCCCCCCCCCC)CO[C@@H]1O[C@H](COC(C)=O)[C@H](OC(C)=O)[C@H](OC(C)=O)[C@H]1OC(C)=O. The maximum Gasteiger partial charge on any atom is 0.306 e. The third kappa shape index (κ3) is 34.2. The van der Waals surface area contributed by atoms with Crippen LogP contribution in [0.3, 0.4) is 0 Å². The summed E-state index contributed by atoms with van der Waals surface area (Å²) >= 11 is 0. The van der Waals surface area contributed by atoms with E-state index >= 15 is 0 Å². The molecule has 386 valence electrons. The summed E-state index contributed by atoms with van der Waals surface area (Å²) in [7, 11) is 0. The van der Waals surface area contributed by atoms with E-state index in [0.717, 1.165) is 85.0 Å². The topological polar surface area (TPSA) is 176 Å². The van der Waals surface area contributed by atoms with Crippen LogP contribution >= 0.6 is 0 Å². The van der Waals surface area contributed by atoms with Crippen LogP contribution < -0.4 is 0 Å². The highest BCUT2D eigenvalue weighted by molar-refractivity contribution is 5.70. The fourth-order valence-corrected chi connectivity index (χ4v) is 7.87. The van der Waals surface area contributed by atoms with Gasteiger partial charge in [0.15, 0.2) is 30.7 Å². The smallest absolute Gasteiger partial charge is 0.306 e. The Morgan fingerprint density at radius 2 is 0.896 bits per heavy atom. The lowest BCUT2D eigenvalue weighted by molar-refractivity contribution is -0.311. The van der Waals surface area contributed by atoms with Crippen LogP contribution in [0, 0.1) is 0 Å². The molecule has 1 aliphatic heterocycles. The van der Waals surface area contributed by atoms with E-state index in [-0.39, 0.29) is 26.1 Å². The van der Waals surface area contributed by atoms with Crippen molar-refractivity contribution in [1.82, 2.24) is 0 Å². The molecule has 0 amide bonds. The molecule has 14 heteroatoms. The van der Waals surface area contributed by atoms with Gasteiger partial charge in [0.1, 0.15) is 19.3 Å². The van der Waals surface area contributed by atoms with Crippen molar-refractivity contribution in [2.75, 3.05) is 19.8 Å². The van der Waals surface area contributed by atoms with Gasteiger partial charge in [-0.05, 0) is 44.9 Å². The molecule has 0 spiro atoms. The Hall–Kier alpha value is -3.78. The average molecular weight is 951 g/mol. The lowest BCUT2D eigenvalue weighted by Gasteiger charge is -2.44. The predicted molar refractivity (Wildman–Crippen MR) is 258 cm³/mol. The molecule has 0 bridgehead atoms. The summed E-state index contributed by atoms with van der Waals surface area (Å²) in [5, 5.41) is 0. The molecule has 1 fully saturated rings. The number of carbonyl (C=O) groups excluding carboxylic acids is 6. The zero-order chi connectivity index (χ0) is 49.3. The van der Waals surface area contributed by atoms with Crippen molar-refractivity contribution in [3.8, 4) is 0 Å². The first-order valence-corrected chi connectivity index (χ1v) is 25.9. The molecule has 0 aromatic rings. The lowest BCUT2D eigenvalue weighted by atomic mass is 9.98. The standard InChI is InChI=1S/C53H90O14/c1-7-9-11-13-15-17-19-21-23-25-27-29-31-33-35-37-48(58)61-39-46(66-49(59)38-36-34-32-30-28-26-24-22-20-18-16-14-12-10-8-2)40-62-53-52(65-45(6)57)51(64-44(5)56)50(63-43(4)55)47(67-53)41-60-42(3)54/h16,18,22,24,46-47,50-53H,7-15,17,19-21,23,25-41H2,1-6H3/b18-16-,24-22-/t46?,47-,50+,51+,52-,53-/m1/s1. The Bertz CT molecular complexity index is 1390. The van der Waals surface area contributed by atoms with Gasteiger partial charge in [0.2, 0.25) is 0 Å². The van der Waals surface area contributed by atoms with Crippen LogP contribution in [0.15, 0.2) is 24.3 Å². The second kappa shape index (κ2) is 41.2. The highest BCUT2D eigenvalue weighted by Gasteiger charge is 2.53. The number of rotatable bonds is 41. The third-order valence-electron chi connectivity index (χ3n) is 11.4. The second-order valence-electron chi connectivity index (χ2n) is 17.9. The molecule has 14 nitrogen and oxygen atoms in total. The Morgan fingerprint density at radius 3 is 1.40 bits per heavy atom. The summed E-state index contributed by atoms with van der Waals surface area (Å²) in [6, 6.07) is 0. The van der Waals surface area contributed by atoms with Gasteiger partial charge in [-0.2, -0.15) is 0 Å². The fraction of sp³-hybridized carbons (Fsp3) is 0.811. The summed E-state index contributed by atoms with van der Waals surface area (Å²) in [6.07, 6.45) is 30.8. The first-order valence-electron chi connectivity index (χ1n) is 25.9. The maximum absolute atomic E-state index is 13.2. The number of esters is 6. The first-order chi connectivity index (χ1) is 32.4. The summed E-state index contributed by atoms with van der Waals surface area (Å²) in [4.78, 5) is 74.6. The Balaban J connectivity index is 2.82. The van der Waals surface area contributed by atoms with Gasteiger partial charge in [0, 0.05) is 40.5 Å². The number of unbranched alkanes of at least 4 members (excludes halogenated alkanes) is 22. The zero-order valence-corrected chi connectivity index (χ0v) is 42.4. The number of hydrogen-bond acceptors (Lipinski definition) is 14. The molecule has 0 aliphatic carbocycles. The molecule has 1 heterocycles. The van der Waals surface area contributed by atoms with Crippen molar-refractivity contribution in [1.29, 1.82) is 0 Å². The van der Waals surface area contributed by atoms with Gasteiger partial charge in [-0.25, -0.2) is 0 Å². The maximum atomic E-state index is 13.2. The predicted octanol–water partition coefficient (Wildman–Crippen LogP) is 11.6. The first kappa shape index (κ1) is 61.2. The van der Waals surface area contributed by atoms with Gasteiger partial charge in [0.25, 0.3) is 0 Å². The number of allylic oxidation sites excluding steroid dienone is 4. The fourth-order valence-electron chi connectivity index (χ4n) is 7.87. The largest absolute Gasteiger partial charge is 0.463 e. The molecule has 1 unspecified atom stereocenters. The van der Waals surface area contributed by atoms with Gasteiger partial charge >= 0.3 is 35.8 Å². The monoisotopic (exact) mass is 951 g/mol. The van der Waals surface area contributed by atoms with Crippen molar-refractivity contribution < 1.29 is 66.7 Å². The van der Waals surface area contributed by atoms with Crippen molar-refractivity contribution in [3.05, 3.63) is 24.3 Å². The van der Waals surface area contributed by atoms with E-state index in [1.165, 1.54) is 96.8 Å². The van der Waals surface area contributed by atoms with Crippen molar-refractivity contribution in [2.24, 2.45) is 0 Å². The van der Waals surface area contributed by atoms with E-state index in [1.54, 1.807) is 0 Å². The average Bonchev–Trinajstić information content (AvgIpc) is 3.27. The number of ether oxygens (including phenoxy) is 8. The van der Waals surface area contributed by atoms with E-state index in [1.807, 2.05) is 0 Å². The molecule has 0 radical (unpaired) electrons. The molecule has 1 saturated heterocycles. The summed E-state index contributed by atoms with van der Waals surface area (Å²) < 4.78 is 45.1. The molecule has 67 heavy (non-hydrogen) atoms. The summed E-state index contributed by atoms with van der Waals surface area (Å²) in [5.74, 6) is -3.92. The van der Waals surface area contributed by atoms with Crippen LogP contribution in [0.4, 0.5) is 0 Å². The quantitative estimate of drug-likeness (QED) is 0.0245. The van der Waals surface area contributed by atoms with Crippen LogP contribution in [-0.4, -0.2) is 92.4 Å². The Kier molecular flexibility index (Phi) is 37.7. The minimum absolute atomic E-state index is 0.146. The molecule has 1 aliphatic rings. The van der Waals surface area contributed by atoms with Gasteiger partial charge in [-0.1, -0.05) is 160 Å². The van der Waals surface area contributed by atoms with Crippen molar-refractivity contribution in [2.45, 2.75) is 258 Å². The number of carbonyl (C=O) groups is 6. The molecule has 6 atom stereocenters. The van der Waals surface area contributed by atoms with E-state index in [2.05, 4.69) is 38.2 Å². The van der Waals surface area contributed by atoms with E-state index in [0.29, 0.717) is 12.8 Å². The molecule has 0 aromatic heterocycles. The third-order valence-corrected chi connectivity index (χ3v) is 11.4. The highest BCUT2D eigenvalue weighted by Crippen LogP contribution is 2.30. The van der Waals surface area contributed by atoms with E-state index in [9.17, 15) is 28.8 Å².